The molecule has 2 aromatic rings. The van der Waals surface area contributed by atoms with Crippen molar-refractivity contribution < 1.29 is 13.9 Å². The molecule has 0 spiro atoms. The molecule has 0 fully saturated rings. The molecule has 1 aromatic carbocycles. The molecule has 0 aliphatic carbocycles. The van der Waals surface area contributed by atoms with Gasteiger partial charge in [-0.3, -0.25) is 4.79 Å². The fourth-order valence-corrected chi connectivity index (χ4v) is 2.29. The summed E-state index contributed by atoms with van der Waals surface area (Å²) in [6, 6.07) is 6.24. The van der Waals surface area contributed by atoms with Crippen LogP contribution in [0, 0.1) is 5.82 Å². The Morgan fingerprint density at radius 3 is 3.00 bits per heavy atom. The van der Waals surface area contributed by atoms with Gasteiger partial charge in [-0.05, 0) is 12.1 Å². The van der Waals surface area contributed by atoms with Gasteiger partial charge in [0.05, 0.1) is 23.4 Å². The van der Waals surface area contributed by atoms with Crippen LogP contribution < -0.4 is 10.1 Å². The molecule has 1 aromatic heterocycles. The van der Waals surface area contributed by atoms with Gasteiger partial charge in [-0.2, -0.15) is 0 Å². The van der Waals surface area contributed by atoms with Gasteiger partial charge in [0.1, 0.15) is 5.82 Å². The lowest BCUT2D eigenvalue weighted by Gasteiger charge is -2.02. The van der Waals surface area contributed by atoms with E-state index in [4.69, 9.17) is 16.3 Å². The Bertz CT molecular complexity index is 774. The van der Waals surface area contributed by atoms with Crippen molar-refractivity contribution in [2.45, 2.75) is 0 Å². The summed E-state index contributed by atoms with van der Waals surface area (Å²) in [4.78, 5) is 16.1. The van der Waals surface area contributed by atoms with Crippen molar-refractivity contribution in [1.29, 1.82) is 0 Å². The molecule has 106 valence electrons. The van der Waals surface area contributed by atoms with Gasteiger partial charge in [0, 0.05) is 23.4 Å². The van der Waals surface area contributed by atoms with Crippen LogP contribution in [0.25, 0.3) is 11.6 Å². The molecular formula is C15H10ClFN2O2. The van der Waals surface area contributed by atoms with Gasteiger partial charge in [-0.15, -0.1) is 0 Å². The van der Waals surface area contributed by atoms with Gasteiger partial charge in [0.15, 0.2) is 0 Å². The number of anilines is 1. The number of nitrogens with zero attached hydrogens (tertiary/aromatic N) is 1. The molecule has 0 bridgehead atoms. The molecule has 1 N–H and O–H groups in total. The molecule has 0 saturated heterocycles. The summed E-state index contributed by atoms with van der Waals surface area (Å²) in [6.45, 7) is 0. The van der Waals surface area contributed by atoms with E-state index in [0.717, 1.165) is 0 Å². The minimum absolute atomic E-state index is 0.0100. The molecule has 0 atom stereocenters. The monoisotopic (exact) mass is 304 g/mol. The zero-order valence-corrected chi connectivity index (χ0v) is 11.7. The molecule has 1 aliphatic rings. The number of carbonyl (C=O) groups excluding carboxylic acids is 1. The van der Waals surface area contributed by atoms with Crippen LogP contribution in [0.3, 0.4) is 0 Å². The first-order valence-electron chi connectivity index (χ1n) is 6.11. The Balaban J connectivity index is 2.10. The van der Waals surface area contributed by atoms with Crippen LogP contribution in [0.4, 0.5) is 10.1 Å². The zero-order valence-electron chi connectivity index (χ0n) is 11.0. The Morgan fingerprint density at radius 1 is 1.43 bits per heavy atom. The number of aromatic nitrogens is 1. The van der Waals surface area contributed by atoms with E-state index in [1.165, 1.54) is 25.4 Å². The first-order valence-corrected chi connectivity index (χ1v) is 6.49. The number of rotatable bonds is 2. The van der Waals surface area contributed by atoms with E-state index in [1.807, 2.05) is 0 Å². The first kappa shape index (κ1) is 13.6. The molecule has 6 heteroatoms. The molecule has 3 rings (SSSR count). The van der Waals surface area contributed by atoms with Gasteiger partial charge in [0.2, 0.25) is 5.88 Å². The molecule has 0 saturated carbocycles. The highest BCUT2D eigenvalue weighted by molar-refractivity contribution is 6.35. The highest BCUT2D eigenvalue weighted by Gasteiger charge is 2.25. The van der Waals surface area contributed by atoms with Crippen molar-refractivity contribution in [3.05, 3.63) is 52.4 Å². The smallest absolute Gasteiger partial charge is 0.256 e. The van der Waals surface area contributed by atoms with Crippen molar-refractivity contribution in [1.82, 2.24) is 4.98 Å². The molecule has 1 amide bonds. The third-order valence-electron chi connectivity index (χ3n) is 3.15. The number of halogens is 2. The van der Waals surface area contributed by atoms with Gasteiger partial charge < -0.3 is 10.1 Å². The van der Waals surface area contributed by atoms with Crippen LogP contribution in [0.2, 0.25) is 5.02 Å². The lowest BCUT2D eigenvalue weighted by molar-refractivity contribution is -0.110. The molecule has 4 nitrogen and oxygen atoms in total. The summed E-state index contributed by atoms with van der Waals surface area (Å²) in [7, 11) is 1.49. The Kier molecular flexibility index (Phi) is 3.35. The van der Waals surface area contributed by atoms with Crippen molar-refractivity contribution >= 4 is 34.8 Å². The summed E-state index contributed by atoms with van der Waals surface area (Å²) in [5.74, 6) is -0.488. The number of fused-ring (bicyclic) bond motifs is 1. The number of pyridine rings is 1. The number of methoxy groups -OCH3 is 1. The second-order valence-corrected chi connectivity index (χ2v) is 4.83. The van der Waals surface area contributed by atoms with E-state index in [-0.39, 0.29) is 16.5 Å². The molecule has 0 unspecified atom stereocenters. The number of benzene rings is 1. The second-order valence-electron chi connectivity index (χ2n) is 4.43. The number of ether oxygens (including phenoxy) is 1. The van der Waals surface area contributed by atoms with Crippen molar-refractivity contribution in [2.75, 3.05) is 12.4 Å². The maximum atomic E-state index is 13.9. The predicted octanol–water partition coefficient (Wildman–Crippen LogP) is 3.38. The average Bonchev–Trinajstić information content (AvgIpc) is 2.79. The SMILES string of the molecule is COc1cc2c(cn1)C(=Cc1cccc(Cl)c1F)C(=O)N2. The van der Waals surface area contributed by atoms with E-state index in [0.29, 0.717) is 22.7 Å². The van der Waals surface area contributed by atoms with Crippen LogP contribution in [-0.2, 0) is 4.79 Å². The molecule has 21 heavy (non-hydrogen) atoms. The van der Waals surface area contributed by atoms with Crippen LogP contribution in [-0.4, -0.2) is 18.0 Å². The predicted molar refractivity (Wildman–Crippen MR) is 78.7 cm³/mol. The second kappa shape index (κ2) is 5.18. The van der Waals surface area contributed by atoms with Gasteiger partial charge >= 0.3 is 0 Å². The van der Waals surface area contributed by atoms with E-state index in [1.54, 1.807) is 18.2 Å². The first-order chi connectivity index (χ1) is 10.1. The average molecular weight is 305 g/mol. The van der Waals surface area contributed by atoms with Crippen LogP contribution >= 0.6 is 11.6 Å². The van der Waals surface area contributed by atoms with E-state index in [2.05, 4.69) is 10.3 Å². The summed E-state index contributed by atoms with van der Waals surface area (Å²) >= 11 is 5.74. The third-order valence-corrected chi connectivity index (χ3v) is 3.44. The fourth-order valence-electron chi connectivity index (χ4n) is 2.11. The van der Waals surface area contributed by atoms with Gasteiger partial charge in [-0.1, -0.05) is 23.7 Å². The lowest BCUT2D eigenvalue weighted by atomic mass is 10.1. The number of hydrogen-bond donors (Lipinski definition) is 1. The van der Waals surface area contributed by atoms with Gasteiger partial charge in [0.25, 0.3) is 5.91 Å². The van der Waals surface area contributed by atoms with Crippen molar-refractivity contribution in [3.8, 4) is 5.88 Å². The summed E-state index contributed by atoms with van der Waals surface area (Å²) < 4.78 is 18.9. The normalized spacial score (nSPS) is 15.0. The maximum Gasteiger partial charge on any atom is 0.256 e. The Labute approximate surface area is 125 Å². The number of nitrogens with one attached hydrogen (secondary N) is 1. The third kappa shape index (κ3) is 2.36. The van der Waals surface area contributed by atoms with E-state index < -0.39 is 5.82 Å². The minimum Gasteiger partial charge on any atom is -0.481 e. The fraction of sp³-hybridized carbons (Fsp3) is 0.0667. The zero-order chi connectivity index (χ0) is 15.0. The van der Waals surface area contributed by atoms with Crippen LogP contribution in [0.1, 0.15) is 11.1 Å². The maximum absolute atomic E-state index is 13.9. The molecule has 2 heterocycles. The lowest BCUT2D eigenvalue weighted by Crippen LogP contribution is -2.03. The quantitative estimate of drug-likeness (QED) is 0.865. The molecule has 0 radical (unpaired) electrons. The number of carbonyl (C=O) groups is 1. The van der Waals surface area contributed by atoms with E-state index >= 15 is 0 Å². The molecule has 1 aliphatic heterocycles. The highest BCUT2D eigenvalue weighted by Crippen LogP contribution is 2.35. The highest BCUT2D eigenvalue weighted by atomic mass is 35.5. The largest absolute Gasteiger partial charge is 0.481 e. The summed E-state index contributed by atoms with van der Waals surface area (Å²) in [5.41, 5.74) is 1.76. The van der Waals surface area contributed by atoms with Crippen LogP contribution in [0.15, 0.2) is 30.5 Å². The van der Waals surface area contributed by atoms with E-state index in [9.17, 15) is 9.18 Å². The number of amides is 1. The van der Waals surface area contributed by atoms with Gasteiger partial charge in [-0.25, -0.2) is 9.37 Å². The van der Waals surface area contributed by atoms with Crippen LogP contribution in [0.5, 0.6) is 5.88 Å². The van der Waals surface area contributed by atoms with Crippen molar-refractivity contribution in [3.63, 3.8) is 0 Å². The summed E-state index contributed by atoms with van der Waals surface area (Å²) in [6.07, 6.45) is 2.97. The standard InChI is InChI=1S/C15H10ClFN2O2/c1-21-13-6-12-10(7-18-13)9(15(20)19-12)5-8-3-2-4-11(16)14(8)17/h2-7H,1H3,(H,19,20). The Morgan fingerprint density at radius 2 is 2.24 bits per heavy atom. The Hall–Kier alpha value is -2.40. The summed E-state index contributed by atoms with van der Waals surface area (Å²) in [5, 5.41) is 2.70. The van der Waals surface area contributed by atoms with Crippen molar-refractivity contribution in [2.24, 2.45) is 0 Å². The minimum atomic E-state index is -0.561. The topological polar surface area (TPSA) is 51.2 Å². The molecular weight excluding hydrogens is 295 g/mol. The number of hydrogen-bond acceptors (Lipinski definition) is 3.